The monoisotopic (exact) mass is 675 g/mol. The number of carbonyl (C=O) groups excluding carboxylic acids is 2. The van der Waals surface area contributed by atoms with Gasteiger partial charge in [-0.1, -0.05) is 103 Å². The van der Waals surface area contributed by atoms with Crippen LogP contribution in [0.25, 0.3) is 0 Å². The molecule has 1 N–H and O–H groups in total. The van der Waals surface area contributed by atoms with Crippen molar-refractivity contribution in [2.75, 3.05) is 24.5 Å². The highest BCUT2D eigenvalue weighted by atomic mass is 35.5. The number of nitrogens with one attached hydrogen (secondary N) is 1. The lowest BCUT2D eigenvalue weighted by atomic mass is 10.0. The summed E-state index contributed by atoms with van der Waals surface area (Å²) in [5.74, 6) is -0.483. The van der Waals surface area contributed by atoms with Crippen molar-refractivity contribution in [3.8, 4) is 5.75 Å². The van der Waals surface area contributed by atoms with Gasteiger partial charge in [-0.05, 0) is 61.2 Å². The van der Waals surface area contributed by atoms with Crippen molar-refractivity contribution in [2.45, 2.75) is 51.6 Å². The van der Waals surface area contributed by atoms with Crippen molar-refractivity contribution in [1.29, 1.82) is 0 Å². The minimum Gasteiger partial charge on any atom is -0.495 e. The molecule has 4 aromatic carbocycles. The molecule has 0 aromatic heterocycles. The van der Waals surface area contributed by atoms with Crippen LogP contribution in [0.3, 0.4) is 0 Å². The van der Waals surface area contributed by atoms with Crippen LogP contribution in [0.2, 0.25) is 5.02 Å². The van der Waals surface area contributed by atoms with E-state index in [2.05, 4.69) is 5.32 Å². The molecule has 4 aromatic rings. The highest BCUT2D eigenvalue weighted by Gasteiger charge is 2.35. The Labute approximate surface area is 283 Å². The third-order valence-corrected chi connectivity index (χ3v) is 9.70. The molecule has 0 saturated carbocycles. The molecular formula is C37H42ClN3O5S. The van der Waals surface area contributed by atoms with E-state index in [1.807, 2.05) is 82.3 Å². The zero-order valence-corrected chi connectivity index (χ0v) is 29.0. The number of benzene rings is 4. The van der Waals surface area contributed by atoms with E-state index in [-0.39, 0.29) is 46.1 Å². The van der Waals surface area contributed by atoms with Crippen LogP contribution in [-0.4, -0.2) is 51.4 Å². The zero-order chi connectivity index (χ0) is 34.1. The average molecular weight is 676 g/mol. The molecular weight excluding hydrogens is 634 g/mol. The molecule has 0 unspecified atom stereocenters. The highest BCUT2D eigenvalue weighted by molar-refractivity contribution is 7.92. The zero-order valence-electron chi connectivity index (χ0n) is 27.4. The van der Waals surface area contributed by atoms with E-state index in [9.17, 15) is 18.0 Å². The van der Waals surface area contributed by atoms with Gasteiger partial charge in [-0.2, -0.15) is 0 Å². The van der Waals surface area contributed by atoms with E-state index in [4.69, 9.17) is 16.3 Å². The molecule has 2 amide bonds. The standard InChI is InChI=1S/C37H42ClN3O5S/c1-26(2)23-39-37(43)34(21-29-11-7-6-8-12-29)40(24-30-13-9-10-28(4)20-30)36(42)25-41(33-22-31(38)16-19-35(33)46-5)47(44,45)32-17-14-27(3)15-18-32/h6-20,22,26,34H,21,23-25H2,1-5H3,(H,39,43)/t34-/m0/s1. The number of nitrogens with zero attached hydrogens (tertiary/aromatic N) is 2. The number of rotatable bonds is 14. The second-order valence-corrected chi connectivity index (χ2v) is 14.3. The molecule has 0 spiro atoms. The van der Waals surface area contributed by atoms with Crippen LogP contribution in [0.15, 0.2) is 102 Å². The molecule has 1 atom stereocenters. The summed E-state index contributed by atoms with van der Waals surface area (Å²) in [7, 11) is -2.89. The maximum Gasteiger partial charge on any atom is 0.264 e. The minimum atomic E-state index is -4.31. The van der Waals surface area contributed by atoms with Crippen LogP contribution in [-0.2, 0) is 32.6 Å². The van der Waals surface area contributed by atoms with E-state index in [1.165, 1.54) is 30.2 Å². The summed E-state index contributed by atoms with van der Waals surface area (Å²) in [5.41, 5.74) is 3.65. The van der Waals surface area contributed by atoms with E-state index in [1.54, 1.807) is 24.3 Å². The second kappa shape index (κ2) is 16.0. The van der Waals surface area contributed by atoms with Crippen LogP contribution in [0, 0.1) is 19.8 Å². The molecule has 0 aliphatic heterocycles. The first-order valence-corrected chi connectivity index (χ1v) is 17.3. The van der Waals surface area contributed by atoms with Gasteiger partial charge in [0.1, 0.15) is 18.3 Å². The molecule has 0 aliphatic rings. The third-order valence-electron chi connectivity index (χ3n) is 7.69. The maximum absolute atomic E-state index is 14.7. The third kappa shape index (κ3) is 9.36. The van der Waals surface area contributed by atoms with E-state index < -0.39 is 28.5 Å². The van der Waals surface area contributed by atoms with Crippen molar-refractivity contribution >= 4 is 39.1 Å². The topological polar surface area (TPSA) is 96.0 Å². The van der Waals surface area contributed by atoms with Crippen LogP contribution in [0.4, 0.5) is 5.69 Å². The molecule has 0 radical (unpaired) electrons. The summed E-state index contributed by atoms with van der Waals surface area (Å²) >= 11 is 6.37. The molecule has 10 heteroatoms. The molecule has 8 nitrogen and oxygen atoms in total. The number of hydrogen-bond donors (Lipinski definition) is 1. The Morgan fingerprint density at radius 1 is 0.851 bits per heavy atom. The van der Waals surface area contributed by atoms with E-state index in [0.29, 0.717) is 6.54 Å². The summed E-state index contributed by atoms with van der Waals surface area (Å²) in [6, 6.07) is 27.2. The molecule has 0 heterocycles. The van der Waals surface area contributed by atoms with Crippen molar-refractivity contribution in [2.24, 2.45) is 5.92 Å². The number of ether oxygens (including phenoxy) is 1. The lowest BCUT2D eigenvalue weighted by Crippen LogP contribution is -2.53. The van der Waals surface area contributed by atoms with Gasteiger partial charge in [0, 0.05) is 24.5 Å². The highest BCUT2D eigenvalue weighted by Crippen LogP contribution is 2.35. The van der Waals surface area contributed by atoms with Gasteiger partial charge >= 0.3 is 0 Å². The predicted octanol–water partition coefficient (Wildman–Crippen LogP) is 6.57. The van der Waals surface area contributed by atoms with Gasteiger partial charge in [-0.15, -0.1) is 0 Å². The van der Waals surface area contributed by atoms with Gasteiger partial charge < -0.3 is 15.0 Å². The Balaban J connectivity index is 1.85. The first kappa shape index (κ1) is 35.5. The van der Waals surface area contributed by atoms with Gasteiger partial charge in [0.2, 0.25) is 11.8 Å². The number of hydrogen-bond acceptors (Lipinski definition) is 5. The van der Waals surface area contributed by atoms with E-state index >= 15 is 0 Å². The van der Waals surface area contributed by atoms with Crippen LogP contribution >= 0.6 is 11.6 Å². The summed E-state index contributed by atoms with van der Waals surface area (Å²) in [6.07, 6.45) is 0.230. The number of halogens is 1. The maximum atomic E-state index is 14.7. The lowest BCUT2D eigenvalue weighted by Gasteiger charge is -2.34. The minimum absolute atomic E-state index is 0.00123. The molecule has 248 valence electrons. The number of anilines is 1. The SMILES string of the molecule is COc1ccc(Cl)cc1N(CC(=O)N(Cc1cccc(C)c1)[C@@H](Cc1ccccc1)C(=O)NCC(C)C)S(=O)(=O)c1ccc(C)cc1. The van der Waals surface area contributed by atoms with Crippen molar-refractivity contribution < 1.29 is 22.7 Å². The Hall–Kier alpha value is -4.34. The van der Waals surface area contributed by atoms with Crippen molar-refractivity contribution in [1.82, 2.24) is 10.2 Å². The molecule has 47 heavy (non-hydrogen) atoms. The van der Waals surface area contributed by atoms with Crippen LogP contribution in [0.1, 0.15) is 36.1 Å². The number of carbonyl (C=O) groups is 2. The number of methoxy groups -OCH3 is 1. The molecule has 0 saturated heterocycles. The number of sulfonamides is 1. The number of aryl methyl sites for hydroxylation is 2. The quantitative estimate of drug-likeness (QED) is 0.163. The Bertz CT molecular complexity index is 1780. The Kier molecular flexibility index (Phi) is 12.1. The van der Waals surface area contributed by atoms with Gasteiger partial charge in [-0.3, -0.25) is 13.9 Å². The van der Waals surface area contributed by atoms with Gasteiger partial charge in [-0.25, -0.2) is 8.42 Å². The van der Waals surface area contributed by atoms with Gasteiger partial charge in [0.05, 0.1) is 17.7 Å². The Morgan fingerprint density at radius 3 is 2.17 bits per heavy atom. The predicted molar refractivity (Wildman–Crippen MR) is 187 cm³/mol. The van der Waals surface area contributed by atoms with Crippen LogP contribution < -0.4 is 14.4 Å². The smallest absolute Gasteiger partial charge is 0.264 e. The average Bonchev–Trinajstić information content (AvgIpc) is 3.04. The fourth-order valence-electron chi connectivity index (χ4n) is 5.19. The summed E-state index contributed by atoms with van der Waals surface area (Å²) < 4.78 is 35.2. The normalized spacial score (nSPS) is 12.0. The van der Waals surface area contributed by atoms with Crippen LogP contribution in [0.5, 0.6) is 5.75 Å². The lowest BCUT2D eigenvalue weighted by molar-refractivity contribution is -0.140. The van der Waals surface area contributed by atoms with E-state index in [0.717, 1.165) is 26.6 Å². The van der Waals surface area contributed by atoms with Crippen molar-refractivity contribution in [3.05, 3.63) is 124 Å². The largest absolute Gasteiger partial charge is 0.495 e. The molecule has 4 rings (SSSR count). The Morgan fingerprint density at radius 2 is 1.53 bits per heavy atom. The molecule has 0 fully saturated rings. The second-order valence-electron chi connectivity index (χ2n) is 12.0. The molecule has 0 bridgehead atoms. The summed E-state index contributed by atoms with van der Waals surface area (Å²) in [6.45, 7) is 7.69. The fraction of sp³-hybridized carbons (Fsp3) is 0.297. The molecule has 0 aliphatic carbocycles. The summed E-state index contributed by atoms with van der Waals surface area (Å²) in [4.78, 5) is 30.1. The summed E-state index contributed by atoms with van der Waals surface area (Å²) in [5, 5.41) is 3.27. The first-order chi connectivity index (χ1) is 22.4. The van der Waals surface area contributed by atoms with Gasteiger partial charge in [0.15, 0.2) is 0 Å². The fourth-order valence-corrected chi connectivity index (χ4v) is 6.78. The van der Waals surface area contributed by atoms with Crippen molar-refractivity contribution in [3.63, 3.8) is 0 Å². The van der Waals surface area contributed by atoms with Gasteiger partial charge in [0.25, 0.3) is 10.0 Å². The number of amides is 2. The first-order valence-electron chi connectivity index (χ1n) is 15.5.